The Morgan fingerprint density at radius 2 is 1.83 bits per heavy atom. The van der Waals surface area contributed by atoms with Gasteiger partial charge in [-0.1, -0.05) is 29.8 Å². The Morgan fingerprint density at radius 1 is 1.28 bits per heavy atom. The van der Waals surface area contributed by atoms with Gasteiger partial charge in [0.05, 0.1) is 11.5 Å². The van der Waals surface area contributed by atoms with Crippen molar-refractivity contribution in [2.45, 2.75) is 45.6 Å². The first-order valence-electron chi connectivity index (χ1n) is 6.28. The minimum absolute atomic E-state index is 0.431. The molecule has 1 aromatic rings. The molecular weight excluding hydrogens is 228 g/mol. The van der Waals surface area contributed by atoms with E-state index in [4.69, 9.17) is 0 Å². The maximum Gasteiger partial charge on any atom is 0.306 e. The molecule has 0 fully saturated rings. The van der Waals surface area contributed by atoms with Gasteiger partial charge in [-0.15, -0.1) is 0 Å². The van der Waals surface area contributed by atoms with Crippen LogP contribution in [0, 0.1) is 12.8 Å². The fourth-order valence-corrected chi connectivity index (χ4v) is 1.85. The third-order valence-electron chi connectivity index (χ3n) is 3.06. The lowest BCUT2D eigenvalue weighted by Crippen LogP contribution is -2.24. The van der Waals surface area contributed by atoms with Gasteiger partial charge in [0, 0.05) is 0 Å². The summed E-state index contributed by atoms with van der Waals surface area (Å²) < 4.78 is 0. The molecular formula is C15H22O3. The molecule has 3 nitrogen and oxygen atoms in total. The highest BCUT2D eigenvalue weighted by Gasteiger charge is 2.22. The fraction of sp³-hybridized carbons (Fsp3) is 0.533. The summed E-state index contributed by atoms with van der Waals surface area (Å²) in [6.07, 6.45) is 1.51. The van der Waals surface area contributed by atoms with Gasteiger partial charge in [-0.3, -0.25) is 4.79 Å². The van der Waals surface area contributed by atoms with Gasteiger partial charge in [0.15, 0.2) is 0 Å². The highest BCUT2D eigenvalue weighted by atomic mass is 16.4. The largest absolute Gasteiger partial charge is 0.481 e. The van der Waals surface area contributed by atoms with Crippen LogP contribution >= 0.6 is 0 Å². The Kier molecular flexibility index (Phi) is 4.91. The van der Waals surface area contributed by atoms with Crippen molar-refractivity contribution in [2.75, 3.05) is 0 Å². The third-order valence-corrected chi connectivity index (χ3v) is 3.06. The van der Waals surface area contributed by atoms with Crippen molar-refractivity contribution in [3.8, 4) is 0 Å². The number of carbonyl (C=O) groups is 1. The van der Waals surface area contributed by atoms with E-state index in [1.54, 1.807) is 13.8 Å². The third kappa shape index (κ3) is 5.32. The molecule has 0 amide bonds. The van der Waals surface area contributed by atoms with Crippen LogP contribution < -0.4 is 0 Å². The van der Waals surface area contributed by atoms with Gasteiger partial charge < -0.3 is 10.2 Å². The van der Waals surface area contributed by atoms with Crippen molar-refractivity contribution < 1.29 is 15.0 Å². The molecule has 0 aliphatic rings. The molecule has 1 aromatic carbocycles. The molecule has 0 aliphatic heterocycles. The molecule has 0 radical (unpaired) electrons. The van der Waals surface area contributed by atoms with Crippen molar-refractivity contribution in [3.63, 3.8) is 0 Å². The summed E-state index contributed by atoms with van der Waals surface area (Å²) >= 11 is 0. The van der Waals surface area contributed by atoms with Crippen LogP contribution in [0.1, 0.15) is 37.8 Å². The predicted octanol–water partition coefficient (Wildman–Crippen LogP) is 2.79. The van der Waals surface area contributed by atoms with E-state index in [2.05, 4.69) is 0 Å². The molecule has 0 saturated carbocycles. The van der Waals surface area contributed by atoms with E-state index < -0.39 is 17.5 Å². The monoisotopic (exact) mass is 250 g/mol. The second-order valence-corrected chi connectivity index (χ2v) is 5.58. The summed E-state index contributed by atoms with van der Waals surface area (Å²) in [7, 11) is 0. The summed E-state index contributed by atoms with van der Waals surface area (Å²) in [5.74, 6) is -1.22. The number of hydrogen-bond acceptors (Lipinski definition) is 2. The van der Waals surface area contributed by atoms with Crippen molar-refractivity contribution in [1.82, 2.24) is 0 Å². The van der Waals surface area contributed by atoms with Crippen molar-refractivity contribution in [3.05, 3.63) is 35.4 Å². The van der Waals surface area contributed by atoms with Gasteiger partial charge in [0.2, 0.25) is 0 Å². The zero-order chi connectivity index (χ0) is 13.8. The van der Waals surface area contributed by atoms with Gasteiger partial charge in [-0.25, -0.2) is 0 Å². The van der Waals surface area contributed by atoms with Gasteiger partial charge in [-0.2, -0.15) is 0 Å². The number of rotatable bonds is 6. The Balaban J connectivity index is 2.63. The molecule has 1 rings (SSSR count). The molecule has 3 heteroatoms. The summed E-state index contributed by atoms with van der Waals surface area (Å²) in [6.45, 7) is 5.42. The van der Waals surface area contributed by atoms with Crippen LogP contribution in [0.2, 0.25) is 0 Å². The van der Waals surface area contributed by atoms with E-state index in [0.29, 0.717) is 19.3 Å². The second kappa shape index (κ2) is 6.01. The Bertz CT molecular complexity index is 387. The van der Waals surface area contributed by atoms with Crippen LogP contribution in [0.4, 0.5) is 0 Å². The minimum atomic E-state index is -0.805. The van der Waals surface area contributed by atoms with Gasteiger partial charge in [0.1, 0.15) is 0 Å². The van der Waals surface area contributed by atoms with Gasteiger partial charge in [-0.05, 0) is 45.6 Å². The number of aliphatic carboxylic acids is 1. The maximum atomic E-state index is 11.2. The summed E-state index contributed by atoms with van der Waals surface area (Å²) in [5, 5.41) is 18.9. The second-order valence-electron chi connectivity index (χ2n) is 5.58. The van der Waals surface area contributed by atoms with E-state index in [1.165, 1.54) is 5.56 Å². The summed E-state index contributed by atoms with van der Waals surface area (Å²) in [5.41, 5.74) is 1.40. The highest BCUT2D eigenvalue weighted by Crippen LogP contribution is 2.20. The number of carboxylic acid groups (broad SMARTS) is 1. The first-order valence-corrected chi connectivity index (χ1v) is 6.28. The van der Waals surface area contributed by atoms with E-state index in [0.717, 1.165) is 5.56 Å². The highest BCUT2D eigenvalue weighted by molar-refractivity contribution is 5.70. The minimum Gasteiger partial charge on any atom is -0.481 e. The smallest absolute Gasteiger partial charge is 0.306 e. The van der Waals surface area contributed by atoms with Crippen LogP contribution in [0.15, 0.2) is 24.3 Å². The molecule has 1 atom stereocenters. The lowest BCUT2D eigenvalue weighted by Gasteiger charge is -2.20. The number of hydrogen-bond donors (Lipinski definition) is 2. The lowest BCUT2D eigenvalue weighted by atomic mass is 9.90. The first kappa shape index (κ1) is 14.7. The summed E-state index contributed by atoms with van der Waals surface area (Å²) in [4.78, 5) is 11.2. The SMILES string of the molecule is Cc1ccc(CC(CCC(C)(C)O)C(=O)O)cc1. The molecule has 100 valence electrons. The number of carboxylic acids is 1. The van der Waals surface area contributed by atoms with E-state index >= 15 is 0 Å². The Morgan fingerprint density at radius 3 is 2.28 bits per heavy atom. The average molecular weight is 250 g/mol. The molecule has 0 spiro atoms. The number of aryl methyl sites for hydroxylation is 1. The standard InChI is InChI=1S/C15H22O3/c1-11-4-6-12(7-5-11)10-13(14(16)17)8-9-15(2,3)18/h4-7,13,18H,8-10H2,1-3H3,(H,16,17). The molecule has 0 aliphatic carbocycles. The van der Waals surface area contributed by atoms with Gasteiger partial charge in [0.25, 0.3) is 0 Å². The predicted molar refractivity (Wildman–Crippen MR) is 71.5 cm³/mol. The number of aliphatic hydroxyl groups is 1. The molecule has 1 unspecified atom stereocenters. The van der Waals surface area contributed by atoms with Crippen LogP contribution in [0.25, 0.3) is 0 Å². The van der Waals surface area contributed by atoms with Gasteiger partial charge >= 0.3 is 5.97 Å². The van der Waals surface area contributed by atoms with Crippen LogP contribution in [0.5, 0.6) is 0 Å². The average Bonchev–Trinajstić information content (AvgIpc) is 2.25. The van der Waals surface area contributed by atoms with Crippen LogP contribution in [-0.2, 0) is 11.2 Å². The quantitative estimate of drug-likeness (QED) is 0.816. The van der Waals surface area contributed by atoms with E-state index in [1.807, 2.05) is 31.2 Å². The van der Waals surface area contributed by atoms with Crippen LogP contribution in [0.3, 0.4) is 0 Å². The van der Waals surface area contributed by atoms with Crippen molar-refractivity contribution >= 4 is 5.97 Å². The molecule has 18 heavy (non-hydrogen) atoms. The van der Waals surface area contributed by atoms with Crippen molar-refractivity contribution in [2.24, 2.45) is 5.92 Å². The zero-order valence-electron chi connectivity index (χ0n) is 11.3. The lowest BCUT2D eigenvalue weighted by molar-refractivity contribution is -0.142. The Hall–Kier alpha value is -1.35. The molecule has 0 bridgehead atoms. The van der Waals surface area contributed by atoms with E-state index in [9.17, 15) is 15.0 Å². The van der Waals surface area contributed by atoms with Crippen molar-refractivity contribution in [1.29, 1.82) is 0 Å². The summed E-state index contributed by atoms with van der Waals surface area (Å²) in [6, 6.07) is 7.92. The molecule has 2 N–H and O–H groups in total. The Labute approximate surface area is 108 Å². The first-order chi connectivity index (χ1) is 8.28. The fourth-order valence-electron chi connectivity index (χ4n) is 1.85. The topological polar surface area (TPSA) is 57.5 Å². The molecule has 0 heterocycles. The van der Waals surface area contributed by atoms with Crippen LogP contribution in [-0.4, -0.2) is 21.8 Å². The number of benzene rings is 1. The molecule has 0 saturated heterocycles. The zero-order valence-corrected chi connectivity index (χ0v) is 11.3. The normalized spacial score (nSPS) is 13.3. The molecule has 0 aromatic heterocycles. The van der Waals surface area contributed by atoms with E-state index in [-0.39, 0.29) is 0 Å². The maximum absolute atomic E-state index is 11.2.